The first-order chi connectivity index (χ1) is 2.27. The quantitative estimate of drug-likeness (QED) is 0.518. The summed E-state index contributed by atoms with van der Waals surface area (Å²) in [5.74, 6) is 0.144. The van der Waals surface area contributed by atoms with E-state index in [-0.39, 0.29) is 38.5 Å². The van der Waals surface area contributed by atoms with Crippen molar-refractivity contribution in [2.45, 2.75) is 13.3 Å². The smallest absolute Gasteiger partial charge is 0.336 e. The van der Waals surface area contributed by atoms with Crippen molar-refractivity contribution in [3.63, 3.8) is 0 Å². The van der Waals surface area contributed by atoms with E-state index >= 15 is 0 Å². The molecule has 6 heavy (non-hydrogen) atoms. The number of Topliss-reactive ketones (excluding diaryl/α,β-unsaturated/α-hetero) is 1. The van der Waals surface area contributed by atoms with E-state index in [9.17, 15) is 4.79 Å². The Kier molecular flexibility index (Phi) is 9.54. The van der Waals surface area contributed by atoms with Gasteiger partial charge < -0.3 is 11.7 Å². The molecule has 0 aliphatic heterocycles. The van der Waals surface area contributed by atoms with Crippen molar-refractivity contribution in [3.05, 3.63) is 6.92 Å². The van der Waals surface area contributed by atoms with E-state index in [4.69, 9.17) is 0 Å². The molecule has 2 heteroatoms. The van der Waals surface area contributed by atoms with Crippen molar-refractivity contribution in [3.8, 4) is 0 Å². The van der Waals surface area contributed by atoms with Crippen LogP contribution in [0.1, 0.15) is 13.3 Å². The van der Waals surface area contributed by atoms with Crippen LogP contribution >= 0.6 is 0 Å². The molecule has 30 valence electrons. The van der Waals surface area contributed by atoms with Crippen LogP contribution in [0.3, 0.4) is 0 Å². The van der Waals surface area contributed by atoms with Gasteiger partial charge in [0.1, 0.15) is 0 Å². The zero-order chi connectivity index (χ0) is 4.28. The molecule has 0 saturated carbocycles. The Balaban J connectivity index is 0. The van der Waals surface area contributed by atoms with Crippen molar-refractivity contribution >= 4 is 5.78 Å². The summed E-state index contributed by atoms with van der Waals surface area (Å²) >= 11 is 0. The van der Waals surface area contributed by atoms with Crippen LogP contribution in [0.5, 0.6) is 0 Å². The standard InChI is InChI=1S/C4H7O.Y/c1-3-4(2)5;/h1,3H2,2H3;/q-1;+3. The van der Waals surface area contributed by atoms with Gasteiger partial charge in [-0.05, 0) is 6.92 Å². The largest absolute Gasteiger partial charge is 3.00 e. The Bertz CT molecular complexity index is 42.8. The molecule has 0 saturated heterocycles. The van der Waals surface area contributed by atoms with E-state index in [1.807, 2.05) is 0 Å². The summed E-state index contributed by atoms with van der Waals surface area (Å²) in [6.07, 6.45) is 0.417. The first-order valence-corrected chi connectivity index (χ1v) is 1.56. The molecule has 0 bridgehead atoms. The van der Waals surface area contributed by atoms with Crippen molar-refractivity contribution < 1.29 is 37.5 Å². The van der Waals surface area contributed by atoms with E-state index in [1.165, 1.54) is 6.92 Å². The molecule has 0 heterocycles. The molecule has 0 amide bonds. The number of ketones is 1. The normalized spacial score (nSPS) is 6.33. The van der Waals surface area contributed by atoms with Crippen LogP contribution in [0, 0.1) is 6.92 Å². The number of hydrogen-bond acceptors (Lipinski definition) is 1. The van der Waals surface area contributed by atoms with Gasteiger partial charge in [-0.1, -0.05) is 0 Å². The summed E-state index contributed by atoms with van der Waals surface area (Å²) in [5.41, 5.74) is 0. The molecule has 0 unspecified atom stereocenters. The third-order valence-corrected chi connectivity index (χ3v) is 0.352. The second kappa shape index (κ2) is 5.77. The minimum Gasteiger partial charge on any atom is -0.336 e. The second-order valence-electron chi connectivity index (χ2n) is 0.952. The fraction of sp³-hybridized carbons (Fsp3) is 0.500. The van der Waals surface area contributed by atoms with Crippen LogP contribution in [-0.2, 0) is 37.5 Å². The Morgan fingerprint density at radius 1 is 1.83 bits per heavy atom. The number of rotatable bonds is 1. The first-order valence-electron chi connectivity index (χ1n) is 1.56. The number of carbonyl (C=O) groups excluding carboxylic acids is 1. The Morgan fingerprint density at radius 3 is 2.00 bits per heavy atom. The molecule has 0 N–H and O–H groups in total. The summed E-state index contributed by atoms with van der Waals surface area (Å²) < 4.78 is 0. The van der Waals surface area contributed by atoms with Gasteiger partial charge in [-0.25, -0.2) is 0 Å². The molecule has 0 aromatic rings. The third kappa shape index (κ3) is 8.84. The molecule has 0 fully saturated rings. The second-order valence-corrected chi connectivity index (χ2v) is 0.952. The van der Waals surface area contributed by atoms with Gasteiger partial charge in [0.05, 0.1) is 5.78 Å². The molecule has 0 radical (unpaired) electrons. The predicted molar refractivity (Wildman–Crippen MR) is 20.7 cm³/mol. The Morgan fingerprint density at radius 2 is 2.00 bits per heavy atom. The van der Waals surface area contributed by atoms with Gasteiger partial charge in [0, 0.05) is 0 Å². The fourth-order valence-corrected chi connectivity index (χ4v) is 0. The van der Waals surface area contributed by atoms with Gasteiger partial charge >= 0.3 is 32.7 Å². The van der Waals surface area contributed by atoms with Gasteiger partial charge in [0.25, 0.3) is 0 Å². The van der Waals surface area contributed by atoms with Crippen molar-refractivity contribution in [2.75, 3.05) is 0 Å². The molecular formula is C4H7OY+2. The molecule has 0 aromatic carbocycles. The molecule has 0 spiro atoms. The van der Waals surface area contributed by atoms with E-state index < -0.39 is 0 Å². The van der Waals surface area contributed by atoms with Crippen molar-refractivity contribution in [2.24, 2.45) is 0 Å². The summed E-state index contributed by atoms with van der Waals surface area (Å²) in [4.78, 5) is 9.75. The summed E-state index contributed by atoms with van der Waals surface area (Å²) in [5, 5.41) is 0. The van der Waals surface area contributed by atoms with Crippen LogP contribution in [0.15, 0.2) is 0 Å². The zero-order valence-corrected chi connectivity index (χ0v) is 6.74. The van der Waals surface area contributed by atoms with Gasteiger partial charge in [-0.2, -0.15) is 0 Å². The molecule has 0 aliphatic rings. The number of hydrogen-bond donors (Lipinski definition) is 0. The van der Waals surface area contributed by atoms with Crippen molar-refractivity contribution in [1.82, 2.24) is 0 Å². The molecular weight excluding hydrogens is 153 g/mol. The van der Waals surface area contributed by atoms with E-state index in [2.05, 4.69) is 6.92 Å². The zero-order valence-electron chi connectivity index (χ0n) is 3.90. The van der Waals surface area contributed by atoms with E-state index in [1.54, 1.807) is 0 Å². The molecule has 0 aromatic heterocycles. The minimum atomic E-state index is 0. The minimum absolute atomic E-state index is 0. The van der Waals surface area contributed by atoms with Gasteiger partial charge in [-0.3, -0.25) is 0 Å². The van der Waals surface area contributed by atoms with Crippen molar-refractivity contribution in [1.29, 1.82) is 0 Å². The van der Waals surface area contributed by atoms with Crippen LogP contribution < -0.4 is 0 Å². The molecule has 0 atom stereocenters. The Labute approximate surface area is 63.4 Å². The fourth-order valence-electron chi connectivity index (χ4n) is 0. The maximum absolute atomic E-state index is 9.75. The van der Waals surface area contributed by atoms with Gasteiger partial charge in [0.2, 0.25) is 0 Å². The van der Waals surface area contributed by atoms with E-state index in [0.29, 0.717) is 6.42 Å². The summed E-state index contributed by atoms with van der Waals surface area (Å²) in [7, 11) is 0. The van der Waals surface area contributed by atoms with E-state index in [0.717, 1.165) is 0 Å². The SMILES string of the molecule is [CH2-]CC(C)=O.[Y+3]. The summed E-state index contributed by atoms with van der Waals surface area (Å²) in [6.45, 7) is 4.86. The average molecular weight is 160 g/mol. The van der Waals surface area contributed by atoms with Crippen LogP contribution in [0.2, 0.25) is 0 Å². The topological polar surface area (TPSA) is 17.1 Å². The van der Waals surface area contributed by atoms with Gasteiger partial charge in [0.15, 0.2) is 0 Å². The van der Waals surface area contributed by atoms with Crippen LogP contribution in [-0.4, -0.2) is 5.78 Å². The van der Waals surface area contributed by atoms with Gasteiger partial charge in [-0.15, -0.1) is 6.42 Å². The maximum Gasteiger partial charge on any atom is 3.00 e. The molecule has 1 nitrogen and oxygen atoms in total. The Hall–Kier alpha value is 0.774. The monoisotopic (exact) mass is 160 g/mol. The maximum atomic E-state index is 9.75. The average Bonchev–Trinajstić information content (AvgIpc) is 1.38. The first kappa shape index (κ1) is 9.91. The van der Waals surface area contributed by atoms with Crippen LogP contribution in [0.4, 0.5) is 0 Å². The molecule has 0 rings (SSSR count). The third-order valence-electron chi connectivity index (χ3n) is 0.352. The predicted octanol–water partition coefficient (Wildman–Crippen LogP) is 0.797. The molecule has 0 aliphatic carbocycles. The summed E-state index contributed by atoms with van der Waals surface area (Å²) in [6, 6.07) is 0. The number of carbonyl (C=O) groups is 1. The van der Waals surface area contributed by atoms with Crippen LogP contribution in [0.25, 0.3) is 0 Å².